The molecule has 0 aliphatic carbocycles. The average Bonchev–Trinajstić information content (AvgIpc) is 3.78. The van der Waals surface area contributed by atoms with Crippen molar-refractivity contribution in [3.05, 3.63) is 169 Å². The minimum Gasteiger partial charge on any atom is -0.456 e. The number of allylic oxidation sites excluding steroid dienone is 1. The lowest BCUT2D eigenvalue weighted by molar-refractivity contribution is 0.603. The first-order chi connectivity index (χ1) is 26.1. The van der Waals surface area contributed by atoms with Gasteiger partial charge in [0.2, 0.25) is 0 Å². The summed E-state index contributed by atoms with van der Waals surface area (Å²) in [6.45, 7) is 6.20. The van der Waals surface area contributed by atoms with Gasteiger partial charge >= 0.3 is 0 Å². The van der Waals surface area contributed by atoms with Crippen molar-refractivity contribution < 1.29 is 8.83 Å². The van der Waals surface area contributed by atoms with Crippen molar-refractivity contribution in [1.29, 1.82) is 0 Å². The van der Waals surface area contributed by atoms with Crippen LogP contribution in [0.3, 0.4) is 0 Å². The predicted octanol–water partition coefficient (Wildman–Crippen LogP) is 13.0. The average molecular weight is 682 g/mol. The molecule has 0 aliphatic heterocycles. The second-order valence-corrected chi connectivity index (χ2v) is 13.3. The van der Waals surface area contributed by atoms with E-state index in [9.17, 15) is 0 Å². The molecule has 3 heterocycles. The Hall–Kier alpha value is -7.11. The molecule has 3 aromatic heterocycles. The lowest BCUT2D eigenvalue weighted by atomic mass is 9.99. The summed E-state index contributed by atoms with van der Waals surface area (Å²) >= 11 is 0. The van der Waals surface area contributed by atoms with Crippen molar-refractivity contribution in [3.63, 3.8) is 0 Å². The van der Waals surface area contributed by atoms with Gasteiger partial charge in [-0.3, -0.25) is 0 Å². The van der Waals surface area contributed by atoms with Crippen molar-refractivity contribution in [2.24, 2.45) is 0 Å². The van der Waals surface area contributed by atoms with Gasteiger partial charge in [0.1, 0.15) is 22.5 Å². The van der Waals surface area contributed by atoms with Gasteiger partial charge in [-0.2, -0.15) is 0 Å². The highest BCUT2D eigenvalue weighted by Gasteiger charge is 2.22. The van der Waals surface area contributed by atoms with E-state index in [4.69, 9.17) is 23.8 Å². The molecule has 10 aromatic rings. The van der Waals surface area contributed by atoms with Crippen molar-refractivity contribution in [2.75, 3.05) is 0 Å². The van der Waals surface area contributed by atoms with Crippen molar-refractivity contribution in [2.45, 2.75) is 6.92 Å². The fraction of sp³-hybridized carbons (Fsp3) is 0.0208. The van der Waals surface area contributed by atoms with Gasteiger partial charge in [-0.15, -0.1) is 0 Å². The number of hydrogen-bond donors (Lipinski definition) is 0. The summed E-state index contributed by atoms with van der Waals surface area (Å²) in [6, 6.07) is 49.8. The second-order valence-electron chi connectivity index (χ2n) is 13.3. The Morgan fingerprint density at radius 2 is 1.21 bits per heavy atom. The lowest BCUT2D eigenvalue weighted by Crippen LogP contribution is -2.01. The van der Waals surface area contributed by atoms with Crippen LogP contribution in [0.15, 0.2) is 161 Å². The monoisotopic (exact) mass is 681 g/mol. The van der Waals surface area contributed by atoms with Crippen molar-refractivity contribution in [1.82, 2.24) is 15.0 Å². The van der Waals surface area contributed by atoms with E-state index in [1.165, 1.54) is 16.2 Å². The van der Waals surface area contributed by atoms with Crippen LogP contribution in [-0.2, 0) is 0 Å². The third kappa shape index (κ3) is 5.13. The Morgan fingerprint density at radius 3 is 2.08 bits per heavy atom. The SMILES string of the molecule is C=Cc1oc2cccc(-c3nc(-c4ccc5c(ccc6ccccc65)c4)nc(-c4cccc5c4oc4ccccc45)n3)c2c1/C=C(\C)c1ccccc1. The zero-order valence-electron chi connectivity index (χ0n) is 28.9. The molecule has 0 unspecified atom stereocenters. The van der Waals surface area contributed by atoms with E-state index in [-0.39, 0.29) is 0 Å². The standard InChI is InChI=1S/C48H31N3O2/c1-3-41-40(27-29(2)30-13-5-4-6-14-30)44-38(19-12-22-43(44)52-41)47-49-46(33-25-26-35-32(28-33)24-23-31-15-7-8-16-34(31)35)50-48(51-47)39-20-11-18-37-36-17-9-10-21-42(36)53-45(37)39/h3-28H,1H2,2H3/b29-27+. The van der Waals surface area contributed by atoms with Gasteiger partial charge in [0.15, 0.2) is 17.5 Å². The number of aromatic nitrogens is 3. The Kier molecular flexibility index (Phi) is 7.12. The van der Waals surface area contributed by atoms with E-state index in [1.807, 2.05) is 60.7 Å². The highest BCUT2D eigenvalue weighted by molar-refractivity contribution is 6.10. The first-order valence-electron chi connectivity index (χ1n) is 17.6. The maximum Gasteiger partial charge on any atom is 0.167 e. The maximum atomic E-state index is 6.49. The van der Waals surface area contributed by atoms with Crippen LogP contribution in [0, 0.1) is 0 Å². The molecule has 0 N–H and O–H groups in total. The summed E-state index contributed by atoms with van der Waals surface area (Å²) in [6.07, 6.45) is 3.92. The molecule has 10 rings (SSSR count). The number of fused-ring (bicyclic) bond motifs is 7. The molecule has 0 saturated carbocycles. The zero-order chi connectivity index (χ0) is 35.5. The third-order valence-electron chi connectivity index (χ3n) is 10.1. The van der Waals surface area contributed by atoms with Gasteiger partial charge in [-0.25, -0.2) is 15.0 Å². The Morgan fingerprint density at radius 1 is 0.547 bits per heavy atom. The van der Waals surface area contributed by atoms with Crippen molar-refractivity contribution in [3.8, 4) is 34.2 Å². The molecule has 7 aromatic carbocycles. The molecular formula is C48H31N3O2. The summed E-state index contributed by atoms with van der Waals surface area (Å²) in [4.78, 5) is 15.6. The molecule has 0 bridgehead atoms. The Balaban J connectivity index is 1.23. The van der Waals surface area contributed by atoms with E-state index >= 15 is 0 Å². The van der Waals surface area contributed by atoms with Crippen LogP contribution in [0.2, 0.25) is 0 Å². The van der Waals surface area contributed by atoms with Gasteiger partial charge in [-0.1, -0.05) is 128 Å². The normalized spacial score (nSPS) is 12.1. The highest BCUT2D eigenvalue weighted by Crippen LogP contribution is 2.40. The summed E-state index contributed by atoms with van der Waals surface area (Å²) < 4.78 is 12.9. The minimum absolute atomic E-state index is 0.523. The van der Waals surface area contributed by atoms with E-state index in [0.29, 0.717) is 23.2 Å². The topological polar surface area (TPSA) is 65.0 Å². The number of para-hydroxylation sites is 2. The second kappa shape index (κ2) is 12.3. The molecular weight excluding hydrogens is 651 g/mol. The number of nitrogens with zero attached hydrogens (tertiary/aromatic N) is 3. The zero-order valence-corrected chi connectivity index (χ0v) is 28.9. The minimum atomic E-state index is 0.523. The molecule has 0 saturated heterocycles. The molecule has 0 aliphatic rings. The van der Waals surface area contributed by atoms with Crippen LogP contribution in [0.5, 0.6) is 0 Å². The Bertz CT molecular complexity index is 3100. The number of furan rings is 2. The summed E-state index contributed by atoms with van der Waals surface area (Å²) in [7, 11) is 0. The number of hydrogen-bond acceptors (Lipinski definition) is 5. The summed E-state index contributed by atoms with van der Waals surface area (Å²) in [5.74, 6) is 2.31. The van der Waals surface area contributed by atoms with Crippen LogP contribution in [0.25, 0.3) is 106 Å². The van der Waals surface area contributed by atoms with E-state index in [1.54, 1.807) is 6.08 Å². The van der Waals surface area contributed by atoms with Crippen molar-refractivity contribution >= 4 is 72.2 Å². The molecule has 0 atom stereocenters. The smallest absolute Gasteiger partial charge is 0.167 e. The lowest BCUT2D eigenvalue weighted by Gasteiger charge is -2.11. The van der Waals surface area contributed by atoms with Crippen LogP contribution in [0.1, 0.15) is 23.8 Å². The third-order valence-corrected chi connectivity index (χ3v) is 10.1. The van der Waals surface area contributed by atoms with Gasteiger partial charge in [0, 0.05) is 32.8 Å². The van der Waals surface area contributed by atoms with E-state index in [2.05, 4.69) is 105 Å². The molecule has 0 radical (unpaired) electrons. The van der Waals surface area contributed by atoms with Crippen LogP contribution in [-0.4, -0.2) is 15.0 Å². The largest absolute Gasteiger partial charge is 0.456 e. The highest BCUT2D eigenvalue weighted by atomic mass is 16.3. The first-order valence-corrected chi connectivity index (χ1v) is 17.6. The molecule has 250 valence electrons. The van der Waals surface area contributed by atoms with Gasteiger partial charge < -0.3 is 8.83 Å². The van der Waals surface area contributed by atoms with Gasteiger partial charge in [0.25, 0.3) is 0 Å². The molecule has 5 heteroatoms. The van der Waals surface area contributed by atoms with Crippen LogP contribution < -0.4 is 0 Å². The van der Waals surface area contributed by atoms with Gasteiger partial charge in [-0.05, 0) is 76.0 Å². The summed E-state index contributed by atoms with van der Waals surface area (Å²) in [5, 5.41) is 7.67. The van der Waals surface area contributed by atoms with Crippen LogP contribution in [0.4, 0.5) is 0 Å². The summed E-state index contributed by atoms with van der Waals surface area (Å²) in [5.41, 5.74) is 7.95. The fourth-order valence-electron chi connectivity index (χ4n) is 7.49. The molecule has 0 fully saturated rings. The quantitative estimate of drug-likeness (QED) is 0.163. The molecule has 53 heavy (non-hydrogen) atoms. The Labute approximate surface area is 305 Å². The predicted molar refractivity (Wildman–Crippen MR) is 218 cm³/mol. The molecule has 0 amide bonds. The van der Waals surface area contributed by atoms with Crippen LogP contribution >= 0.6 is 0 Å². The first kappa shape index (κ1) is 30.7. The molecule has 5 nitrogen and oxygen atoms in total. The number of rotatable bonds is 6. The van der Waals surface area contributed by atoms with E-state index < -0.39 is 0 Å². The number of benzene rings is 7. The maximum absolute atomic E-state index is 6.49. The fourth-order valence-corrected chi connectivity index (χ4v) is 7.49. The molecule has 0 spiro atoms. The van der Waals surface area contributed by atoms with Gasteiger partial charge in [0.05, 0.1) is 5.56 Å². The van der Waals surface area contributed by atoms with E-state index in [0.717, 1.165) is 71.7 Å².